The average Bonchev–Trinajstić information content (AvgIpc) is 2.45. The third-order valence-electron chi connectivity index (χ3n) is 3.72. The Hall–Kier alpha value is -1.65. The van der Waals surface area contributed by atoms with E-state index in [0.717, 1.165) is 27.8 Å². The van der Waals surface area contributed by atoms with E-state index in [1.54, 1.807) is 0 Å². The molecule has 0 spiro atoms. The SMILES string of the molecule is Cc1cc(C)c(NC(=O)CN(C)Cc2ccc(Br)cc2)c(C)c1. The van der Waals surface area contributed by atoms with Crippen molar-refractivity contribution in [3.63, 3.8) is 0 Å². The first-order valence-electron chi connectivity index (χ1n) is 7.66. The van der Waals surface area contributed by atoms with Crippen molar-refractivity contribution >= 4 is 27.5 Å². The molecule has 0 unspecified atom stereocenters. The number of carbonyl (C=O) groups is 1. The minimum atomic E-state index is 0.0136. The summed E-state index contributed by atoms with van der Waals surface area (Å²) < 4.78 is 1.06. The summed E-state index contributed by atoms with van der Waals surface area (Å²) in [5.41, 5.74) is 5.53. The zero-order chi connectivity index (χ0) is 17.0. The van der Waals surface area contributed by atoms with E-state index in [9.17, 15) is 4.79 Å². The number of rotatable bonds is 5. The lowest BCUT2D eigenvalue weighted by molar-refractivity contribution is -0.117. The largest absolute Gasteiger partial charge is 0.324 e. The topological polar surface area (TPSA) is 32.3 Å². The molecule has 122 valence electrons. The first-order valence-corrected chi connectivity index (χ1v) is 8.45. The maximum absolute atomic E-state index is 12.3. The fourth-order valence-corrected chi connectivity index (χ4v) is 3.02. The van der Waals surface area contributed by atoms with Crippen LogP contribution in [0.4, 0.5) is 5.69 Å². The van der Waals surface area contributed by atoms with E-state index in [0.29, 0.717) is 6.54 Å². The highest BCUT2D eigenvalue weighted by Crippen LogP contribution is 2.21. The van der Waals surface area contributed by atoms with Gasteiger partial charge in [-0.2, -0.15) is 0 Å². The van der Waals surface area contributed by atoms with Crippen LogP contribution in [0.15, 0.2) is 40.9 Å². The Morgan fingerprint density at radius 3 is 2.22 bits per heavy atom. The fraction of sp³-hybridized carbons (Fsp3) is 0.316. The van der Waals surface area contributed by atoms with Crippen LogP contribution in [-0.2, 0) is 11.3 Å². The Bertz CT molecular complexity index is 672. The third-order valence-corrected chi connectivity index (χ3v) is 4.25. The van der Waals surface area contributed by atoms with Gasteiger partial charge in [-0.25, -0.2) is 0 Å². The molecule has 3 nitrogen and oxygen atoms in total. The summed E-state index contributed by atoms with van der Waals surface area (Å²) in [7, 11) is 1.95. The number of likely N-dealkylation sites (N-methyl/N-ethyl adjacent to an activating group) is 1. The molecule has 2 aromatic carbocycles. The molecule has 0 aliphatic rings. The Balaban J connectivity index is 1.95. The average molecular weight is 375 g/mol. The summed E-state index contributed by atoms with van der Waals surface area (Å²) in [6.07, 6.45) is 0. The molecule has 1 amide bonds. The molecule has 1 N–H and O–H groups in total. The van der Waals surface area contributed by atoms with Gasteiger partial charge in [0.1, 0.15) is 0 Å². The Morgan fingerprint density at radius 2 is 1.65 bits per heavy atom. The van der Waals surface area contributed by atoms with Crippen LogP contribution in [0, 0.1) is 20.8 Å². The van der Waals surface area contributed by atoms with Crippen LogP contribution in [-0.4, -0.2) is 24.4 Å². The number of aryl methyl sites for hydroxylation is 3. The standard InChI is InChI=1S/C19H23BrN2O/c1-13-9-14(2)19(15(3)10-13)21-18(23)12-22(4)11-16-5-7-17(20)8-6-16/h5-10H,11-12H2,1-4H3,(H,21,23). The van der Waals surface area contributed by atoms with Gasteiger partial charge in [-0.15, -0.1) is 0 Å². The van der Waals surface area contributed by atoms with Crippen molar-refractivity contribution in [3.05, 3.63) is 63.1 Å². The molecule has 0 radical (unpaired) electrons. The molecule has 0 saturated carbocycles. The minimum Gasteiger partial charge on any atom is -0.324 e. The van der Waals surface area contributed by atoms with Gasteiger partial charge in [0.15, 0.2) is 0 Å². The Kier molecular flexibility index (Phi) is 5.97. The van der Waals surface area contributed by atoms with Gasteiger partial charge in [-0.05, 0) is 56.6 Å². The summed E-state index contributed by atoms with van der Waals surface area (Å²) >= 11 is 3.43. The van der Waals surface area contributed by atoms with Crippen LogP contribution < -0.4 is 5.32 Å². The second-order valence-electron chi connectivity index (χ2n) is 6.12. The molecular formula is C19H23BrN2O. The molecule has 0 heterocycles. The number of nitrogens with zero attached hydrogens (tertiary/aromatic N) is 1. The van der Waals surface area contributed by atoms with Crippen LogP contribution >= 0.6 is 15.9 Å². The van der Waals surface area contributed by atoms with E-state index in [2.05, 4.69) is 52.4 Å². The first-order chi connectivity index (χ1) is 10.8. The van der Waals surface area contributed by atoms with Crippen LogP contribution in [0.2, 0.25) is 0 Å². The number of benzene rings is 2. The summed E-state index contributed by atoms with van der Waals surface area (Å²) in [5, 5.41) is 3.04. The van der Waals surface area contributed by atoms with Gasteiger partial charge in [0.2, 0.25) is 5.91 Å². The molecule has 0 aliphatic carbocycles. The monoisotopic (exact) mass is 374 g/mol. The Morgan fingerprint density at radius 1 is 1.09 bits per heavy atom. The number of nitrogens with one attached hydrogen (secondary N) is 1. The van der Waals surface area contributed by atoms with Crippen LogP contribution in [0.5, 0.6) is 0 Å². The second-order valence-corrected chi connectivity index (χ2v) is 7.04. The maximum Gasteiger partial charge on any atom is 0.238 e. The van der Waals surface area contributed by atoms with Crippen molar-refractivity contribution in [2.75, 3.05) is 18.9 Å². The van der Waals surface area contributed by atoms with Gasteiger partial charge in [0, 0.05) is 16.7 Å². The zero-order valence-corrected chi connectivity index (χ0v) is 15.7. The summed E-state index contributed by atoms with van der Waals surface area (Å²) in [6.45, 7) is 7.23. The number of anilines is 1. The molecule has 2 aromatic rings. The van der Waals surface area contributed by atoms with Crippen LogP contribution in [0.25, 0.3) is 0 Å². The number of amides is 1. The van der Waals surface area contributed by atoms with Crippen molar-refractivity contribution in [2.45, 2.75) is 27.3 Å². The normalized spacial score (nSPS) is 10.9. The van der Waals surface area contributed by atoms with E-state index < -0.39 is 0 Å². The van der Waals surface area contributed by atoms with Crippen molar-refractivity contribution < 1.29 is 4.79 Å². The number of carbonyl (C=O) groups excluding carboxylic acids is 1. The van der Waals surface area contributed by atoms with Crippen LogP contribution in [0.1, 0.15) is 22.3 Å². The fourth-order valence-electron chi connectivity index (χ4n) is 2.76. The van der Waals surface area contributed by atoms with Gasteiger partial charge in [-0.3, -0.25) is 9.69 Å². The van der Waals surface area contributed by atoms with Gasteiger partial charge >= 0.3 is 0 Å². The summed E-state index contributed by atoms with van der Waals surface area (Å²) in [5.74, 6) is 0.0136. The zero-order valence-electron chi connectivity index (χ0n) is 14.1. The molecule has 23 heavy (non-hydrogen) atoms. The predicted octanol–water partition coefficient (Wildman–Crippen LogP) is 4.44. The van der Waals surface area contributed by atoms with Gasteiger partial charge in [0.25, 0.3) is 0 Å². The number of halogens is 1. The highest BCUT2D eigenvalue weighted by molar-refractivity contribution is 9.10. The summed E-state index contributed by atoms with van der Waals surface area (Å²) in [4.78, 5) is 14.3. The number of hydrogen-bond donors (Lipinski definition) is 1. The van der Waals surface area contributed by atoms with Crippen LogP contribution in [0.3, 0.4) is 0 Å². The highest BCUT2D eigenvalue weighted by atomic mass is 79.9. The lowest BCUT2D eigenvalue weighted by Crippen LogP contribution is -2.30. The van der Waals surface area contributed by atoms with E-state index in [1.165, 1.54) is 11.1 Å². The van der Waals surface area contributed by atoms with Gasteiger partial charge in [0.05, 0.1) is 6.54 Å². The molecule has 0 bridgehead atoms. The van der Waals surface area contributed by atoms with Crippen molar-refractivity contribution in [3.8, 4) is 0 Å². The molecule has 0 aliphatic heterocycles. The van der Waals surface area contributed by atoms with Gasteiger partial charge in [-0.1, -0.05) is 45.8 Å². The lowest BCUT2D eigenvalue weighted by Gasteiger charge is -2.18. The quantitative estimate of drug-likeness (QED) is 0.838. The smallest absolute Gasteiger partial charge is 0.238 e. The van der Waals surface area contributed by atoms with E-state index in [-0.39, 0.29) is 5.91 Å². The second kappa shape index (κ2) is 7.75. The molecule has 0 fully saturated rings. The minimum absolute atomic E-state index is 0.0136. The highest BCUT2D eigenvalue weighted by Gasteiger charge is 2.11. The summed E-state index contributed by atoms with van der Waals surface area (Å²) in [6, 6.07) is 12.3. The Labute approximate surface area is 146 Å². The molecule has 0 saturated heterocycles. The molecule has 4 heteroatoms. The first kappa shape index (κ1) is 17.7. The van der Waals surface area contributed by atoms with Crippen molar-refractivity contribution in [2.24, 2.45) is 0 Å². The predicted molar refractivity (Wildman–Crippen MR) is 99.8 cm³/mol. The molecule has 0 aromatic heterocycles. The maximum atomic E-state index is 12.3. The molecule has 0 atom stereocenters. The van der Waals surface area contributed by atoms with E-state index >= 15 is 0 Å². The van der Waals surface area contributed by atoms with Crippen molar-refractivity contribution in [1.29, 1.82) is 0 Å². The van der Waals surface area contributed by atoms with E-state index in [4.69, 9.17) is 0 Å². The number of hydrogen-bond acceptors (Lipinski definition) is 2. The molecule has 2 rings (SSSR count). The molecular weight excluding hydrogens is 352 g/mol. The lowest BCUT2D eigenvalue weighted by atomic mass is 10.1. The van der Waals surface area contributed by atoms with Gasteiger partial charge < -0.3 is 5.32 Å². The van der Waals surface area contributed by atoms with Crippen molar-refractivity contribution in [1.82, 2.24) is 4.90 Å². The third kappa shape index (κ3) is 5.19. The van der Waals surface area contributed by atoms with E-state index in [1.807, 2.05) is 37.9 Å².